The van der Waals surface area contributed by atoms with Crippen LogP contribution in [0.3, 0.4) is 0 Å². The molecule has 18 heavy (non-hydrogen) atoms. The molecule has 0 saturated carbocycles. The minimum Gasteiger partial charge on any atom is -0.381 e. The van der Waals surface area contributed by atoms with Crippen LogP contribution in [0.15, 0.2) is 12.5 Å². The second-order valence-electron chi connectivity index (χ2n) is 5.09. The fourth-order valence-electron chi connectivity index (χ4n) is 2.67. The van der Waals surface area contributed by atoms with Crippen LogP contribution in [0, 0.1) is 5.92 Å². The van der Waals surface area contributed by atoms with E-state index in [0.29, 0.717) is 5.92 Å². The minimum atomic E-state index is 0.154. The zero-order valence-electron chi connectivity index (χ0n) is 10.7. The molecule has 3 heterocycles. The van der Waals surface area contributed by atoms with Gasteiger partial charge in [0.2, 0.25) is 0 Å². The summed E-state index contributed by atoms with van der Waals surface area (Å²) in [7, 11) is 0. The topological polar surface area (TPSA) is 48.3 Å². The van der Waals surface area contributed by atoms with Gasteiger partial charge in [0.15, 0.2) is 0 Å². The highest BCUT2D eigenvalue weighted by atomic mass is 16.5. The van der Waals surface area contributed by atoms with Gasteiger partial charge >= 0.3 is 0 Å². The van der Waals surface area contributed by atoms with Crippen LogP contribution in [0.5, 0.6) is 0 Å². The van der Waals surface area contributed by atoms with Gasteiger partial charge in [-0.3, -0.25) is 0 Å². The zero-order chi connectivity index (χ0) is 12.2. The van der Waals surface area contributed by atoms with Crippen molar-refractivity contribution in [3.63, 3.8) is 0 Å². The first-order valence-electron chi connectivity index (χ1n) is 6.83. The summed E-state index contributed by atoms with van der Waals surface area (Å²) in [6, 6.07) is 0. The highest BCUT2D eigenvalue weighted by Gasteiger charge is 2.20. The standard InChI is InChI=1S/C13H21N3O2/c1(11-2-5-17-9-11)4-16-10-15-7-12(16)13-8-14-3-6-18-13/h7,10-11,13-14H,1-6,8-9H2. The number of hydrogen-bond donors (Lipinski definition) is 1. The molecule has 0 amide bonds. The molecule has 0 aromatic carbocycles. The lowest BCUT2D eigenvalue weighted by Crippen LogP contribution is -2.34. The van der Waals surface area contributed by atoms with Crippen molar-refractivity contribution < 1.29 is 9.47 Å². The Balaban J connectivity index is 1.59. The molecule has 0 spiro atoms. The molecule has 0 bridgehead atoms. The number of hydrogen-bond acceptors (Lipinski definition) is 4. The summed E-state index contributed by atoms with van der Waals surface area (Å²) >= 11 is 0. The van der Waals surface area contributed by atoms with Gasteiger partial charge in [-0.2, -0.15) is 0 Å². The summed E-state index contributed by atoms with van der Waals surface area (Å²) in [5, 5.41) is 3.36. The number of aromatic nitrogens is 2. The Morgan fingerprint density at radius 2 is 2.44 bits per heavy atom. The lowest BCUT2D eigenvalue weighted by molar-refractivity contribution is 0.0226. The third-order valence-electron chi connectivity index (χ3n) is 3.80. The number of nitrogens with zero attached hydrogens (tertiary/aromatic N) is 2. The van der Waals surface area contributed by atoms with E-state index in [9.17, 15) is 0 Å². The van der Waals surface area contributed by atoms with Crippen molar-refractivity contribution in [1.29, 1.82) is 0 Å². The van der Waals surface area contributed by atoms with Crippen LogP contribution in [-0.2, 0) is 16.0 Å². The molecule has 0 radical (unpaired) electrons. The maximum Gasteiger partial charge on any atom is 0.111 e. The van der Waals surface area contributed by atoms with E-state index < -0.39 is 0 Å². The molecular weight excluding hydrogens is 230 g/mol. The maximum absolute atomic E-state index is 5.79. The van der Waals surface area contributed by atoms with Crippen molar-refractivity contribution in [2.45, 2.75) is 25.5 Å². The minimum absolute atomic E-state index is 0.154. The van der Waals surface area contributed by atoms with Crippen LogP contribution in [0.4, 0.5) is 0 Å². The van der Waals surface area contributed by atoms with Crippen molar-refractivity contribution in [2.75, 3.05) is 32.9 Å². The molecule has 2 fully saturated rings. The summed E-state index contributed by atoms with van der Waals surface area (Å²) in [6.07, 6.45) is 6.38. The first kappa shape index (κ1) is 12.1. The highest BCUT2D eigenvalue weighted by molar-refractivity contribution is 5.04. The van der Waals surface area contributed by atoms with Crippen molar-refractivity contribution in [2.24, 2.45) is 5.92 Å². The Hall–Kier alpha value is -0.910. The van der Waals surface area contributed by atoms with Crippen LogP contribution >= 0.6 is 0 Å². The van der Waals surface area contributed by atoms with Crippen molar-refractivity contribution in [1.82, 2.24) is 14.9 Å². The van der Waals surface area contributed by atoms with Gasteiger partial charge in [-0.25, -0.2) is 4.98 Å². The van der Waals surface area contributed by atoms with E-state index in [1.807, 2.05) is 12.5 Å². The molecule has 2 atom stereocenters. The first-order chi connectivity index (χ1) is 8.93. The van der Waals surface area contributed by atoms with Gasteiger partial charge in [-0.15, -0.1) is 0 Å². The Morgan fingerprint density at radius 3 is 3.22 bits per heavy atom. The predicted octanol–water partition coefficient (Wildman–Crippen LogP) is 0.971. The summed E-state index contributed by atoms with van der Waals surface area (Å²) in [6.45, 7) is 5.49. The van der Waals surface area contributed by atoms with Crippen molar-refractivity contribution >= 4 is 0 Å². The van der Waals surface area contributed by atoms with Gasteiger partial charge in [0, 0.05) is 32.8 Å². The quantitative estimate of drug-likeness (QED) is 0.866. The summed E-state index contributed by atoms with van der Waals surface area (Å²) < 4.78 is 13.4. The molecule has 5 heteroatoms. The zero-order valence-corrected chi connectivity index (χ0v) is 10.7. The van der Waals surface area contributed by atoms with Gasteiger partial charge in [0.25, 0.3) is 0 Å². The molecule has 100 valence electrons. The van der Waals surface area contributed by atoms with Gasteiger partial charge in [-0.1, -0.05) is 0 Å². The second-order valence-corrected chi connectivity index (χ2v) is 5.09. The molecule has 5 nitrogen and oxygen atoms in total. The number of aryl methyl sites for hydroxylation is 1. The molecule has 0 aliphatic carbocycles. The van der Waals surface area contributed by atoms with Crippen LogP contribution < -0.4 is 5.32 Å². The van der Waals surface area contributed by atoms with Crippen molar-refractivity contribution in [3.8, 4) is 0 Å². The SMILES string of the molecule is c1ncn(CCC2CCOC2)c1C1CNCCO1. The molecule has 1 aromatic rings. The predicted molar refractivity (Wildman–Crippen MR) is 67.3 cm³/mol. The van der Waals surface area contributed by atoms with E-state index in [-0.39, 0.29) is 6.10 Å². The summed E-state index contributed by atoms with van der Waals surface area (Å²) in [5.74, 6) is 0.714. The molecule has 2 aliphatic heterocycles. The molecule has 2 unspecified atom stereocenters. The van der Waals surface area contributed by atoms with E-state index >= 15 is 0 Å². The van der Waals surface area contributed by atoms with E-state index in [4.69, 9.17) is 9.47 Å². The summed E-state index contributed by atoms with van der Waals surface area (Å²) in [5.41, 5.74) is 1.20. The third-order valence-corrected chi connectivity index (χ3v) is 3.80. The molecule has 2 saturated heterocycles. The fourth-order valence-corrected chi connectivity index (χ4v) is 2.67. The fraction of sp³-hybridized carbons (Fsp3) is 0.769. The van der Waals surface area contributed by atoms with E-state index in [2.05, 4.69) is 14.9 Å². The van der Waals surface area contributed by atoms with Gasteiger partial charge in [-0.05, 0) is 18.8 Å². The largest absolute Gasteiger partial charge is 0.381 e. The smallest absolute Gasteiger partial charge is 0.111 e. The first-order valence-corrected chi connectivity index (χ1v) is 6.83. The molecule has 1 aromatic heterocycles. The molecular formula is C13H21N3O2. The van der Waals surface area contributed by atoms with Crippen molar-refractivity contribution in [3.05, 3.63) is 18.2 Å². The van der Waals surface area contributed by atoms with E-state index in [0.717, 1.165) is 39.5 Å². The van der Waals surface area contributed by atoms with Crippen LogP contribution in [0.1, 0.15) is 24.6 Å². The van der Waals surface area contributed by atoms with Gasteiger partial charge < -0.3 is 19.4 Å². The van der Waals surface area contributed by atoms with Crippen LogP contribution in [-0.4, -0.2) is 42.5 Å². The second kappa shape index (κ2) is 5.82. The average Bonchev–Trinajstić information content (AvgIpc) is 3.09. The van der Waals surface area contributed by atoms with Gasteiger partial charge in [0.05, 0.1) is 24.8 Å². The lowest BCUT2D eigenvalue weighted by Gasteiger charge is -2.24. The number of nitrogens with one attached hydrogen (secondary N) is 1. The number of rotatable bonds is 4. The summed E-state index contributed by atoms with van der Waals surface area (Å²) in [4.78, 5) is 4.27. The average molecular weight is 251 g/mol. The third kappa shape index (κ3) is 2.74. The number of morpholine rings is 1. The van der Waals surface area contributed by atoms with E-state index in [1.54, 1.807) is 0 Å². The Labute approximate surface area is 107 Å². The van der Waals surface area contributed by atoms with Crippen LogP contribution in [0.25, 0.3) is 0 Å². The molecule has 1 N–H and O–H groups in total. The molecule has 3 rings (SSSR count). The normalized spacial score (nSPS) is 28.7. The number of imidazole rings is 1. The van der Waals surface area contributed by atoms with Gasteiger partial charge in [0.1, 0.15) is 6.10 Å². The lowest BCUT2D eigenvalue weighted by atomic mass is 10.1. The van der Waals surface area contributed by atoms with E-state index in [1.165, 1.54) is 18.5 Å². The Bertz CT molecular complexity index is 368. The van der Waals surface area contributed by atoms with Crippen LogP contribution in [0.2, 0.25) is 0 Å². The maximum atomic E-state index is 5.79. The Kier molecular flexibility index (Phi) is 3.93. The Morgan fingerprint density at radius 1 is 1.44 bits per heavy atom. The molecule has 2 aliphatic rings. The monoisotopic (exact) mass is 251 g/mol. The highest BCUT2D eigenvalue weighted by Crippen LogP contribution is 2.21. The number of ether oxygens (including phenoxy) is 2.